The molecule has 0 bridgehead atoms. The maximum atomic E-state index is 13.0. The third kappa shape index (κ3) is 4.04. The van der Waals surface area contributed by atoms with Crippen molar-refractivity contribution in [3.8, 4) is 5.75 Å². The van der Waals surface area contributed by atoms with Gasteiger partial charge in [0.25, 0.3) is 5.91 Å². The smallest absolute Gasteiger partial charge is 0.281 e. The molecule has 0 aromatic heterocycles. The summed E-state index contributed by atoms with van der Waals surface area (Å²) in [6.45, 7) is 5.07. The second-order valence-electron chi connectivity index (χ2n) is 7.47. The lowest BCUT2D eigenvalue weighted by molar-refractivity contribution is -0.113. The second kappa shape index (κ2) is 8.35. The van der Waals surface area contributed by atoms with Crippen molar-refractivity contribution in [1.29, 1.82) is 0 Å². The first-order chi connectivity index (χ1) is 14.1. The Labute approximate surface area is 177 Å². The summed E-state index contributed by atoms with van der Waals surface area (Å²) in [6.07, 6.45) is 4.35. The van der Waals surface area contributed by atoms with Crippen LogP contribution in [0.1, 0.15) is 29.5 Å². The molecule has 0 spiro atoms. The van der Waals surface area contributed by atoms with E-state index in [0.717, 1.165) is 47.8 Å². The molecule has 0 saturated carbocycles. The maximum absolute atomic E-state index is 13.0. The van der Waals surface area contributed by atoms with Crippen molar-refractivity contribution in [1.82, 2.24) is 10.2 Å². The normalized spacial score (nSPS) is 18.6. The van der Waals surface area contributed by atoms with Gasteiger partial charge >= 0.3 is 0 Å². The number of nitrogens with zero attached hydrogens (tertiary/aromatic N) is 2. The Morgan fingerprint density at radius 3 is 2.66 bits per heavy atom. The van der Waals surface area contributed by atoms with Crippen molar-refractivity contribution >= 4 is 35.0 Å². The van der Waals surface area contributed by atoms with E-state index >= 15 is 0 Å². The molecule has 2 saturated heterocycles. The molecule has 6 heteroatoms. The molecule has 2 aliphatic rings. The van der Waals surface area contributed by atoms with E-state index in [9.17, 15) is 4.79 Å². The lowest BCUT2D eigenvalue weighted by atomic mass is 10.1. The number of amides is 1. The number of nitrogens with one attached hydrogen (secondary N) is 1. The van der Waals surface area contributed by atoms with Crippen molar-refractivity contribution in [2.75, 3.05) is 25.1 Å². The van der Waals surface area contributed by atoms with E-state index in [0.29, 0.717) is 10.8 Å². The van der Waals surface area contributed by atoms with Gasteiger partial charge in [0, 0.05) is 12.1 Å². The minimum atomic E-state index is -0.138. The van der Waals surface area contributed by atoms with Gasteiger partial charge in [0.15, 0.2) is 5.11 Å². The zero-order chi connectivity index (χ0) is 20.4. The zero-order valence-electron chi connectivity index (χ0n) is 16.8. The van der Waals surface area contributed by atoms with E-state index in [-0.39, 0.29) is 5.91 Å². The van der Waals surface area contributed by atoms with Crippen LogP contribution in [0.5, 0.6) is 5.75 Å². The van der Waals surface area contributed by atoms with Crippen LogP contribution in [-0.2, 0) is 11.3 Å². The molecule has 29 heavy (non-hydrogen) atoms. The first-order valence-corrected chi connectivity index (χ1v) is 10.3. The summed E-state index contributed by atoms with van der Waals surface area (Å²) < 4.78 is 5.55. The predicted molar refractivity (Wildman–Crippen MR) is 120 cm³/mol. The highest BCUT2D eigenvalue weighted by molar-refractivity contribution is 7.80. The van der Waals surface area contributed by atoms with Gasteiger partial charge in [-0.05, 0) is 80.5 Å². The summed E-state index contributed by atoms with van der Waals surface area (Å²) in [5, 5.41) is 3.48. The summed E-state index contributed by atoms with van der Waals surface area (Å²) in [6, 6.07) is 13.8. The molecule has 1 amide bonds. The monoisotopic (exact) mass is 407 g/mol. The average molecular weight is 408 g/mol. The molecule has 1 N–H and O–H groups in total. The van der Waals surface area contributed by atoms with Crippen LogP contribution in [-0.4, -0.2) is 36.1 Å². The first kappa shape index (κ1) is 19.6. The quantitative estimate of drug-likeness (QED) is 0.602. The van der Waals surface area contributed by atoms with E-state index in [4.69, 9.17) is 17.0 Å². The number of carbonyl (C=O) groups is 1. The first-order valence-electron chi connectivity index (χ1n) is 9.89. The largest absolute Gasteiger partial charge is 0.496 e. The highest BCUT2D eigenvalue weighted by Crippen LogP contribution is 2.27. The van der Waals surface area contributed by atoms with Crippen molar-refractivity contribution in [2.45, 2.75) is 26.3 Å². The topological polar surface area (TPSA) is 44.8 Å². The van der Waals surface area contributed by atoms with E-state index < -0.39 is 0 Å². The number of benzene rings is 2. The molecule has 0 radical (unpaired) electrons. The number of likely N-dealkylation sites (tertiary alicyclic amines) is 1. The summed E-state index contributed by atoms with van der Waals surface area (Å²) >= 11 is 5.44. The number of hydrogen-bond acceptors (Lipinski definition) is 4. The minimum absolute atomic E-state index is 0.138. The van der Waals surface area contributed by atoms with Crippen LogP contribution in [0.25, 0.3) is 6.08 Å². The molecule has 0 unspecified atom stereocenters. The van der Waals surface area contributed by atoms with Crippen molar-refractivity contribution in [2.24, 2.45) is 0 Å². The molecule has 2 aromatic rings. The van der Waals surface area contributed by atoms with Crippen LogP contribution < -0.4 is 15.0 Å². The van der Waals surface area contributed by atoms with Gasteiger partial charge in [-0.2, -0.15) is 0 Å². The third-order valence-corrected chi connectivity index (χ3v) is 5.73. The summed E-state index contributed by atoms with van der Waals surface area (Å²) in [4.78, 5) is 17.0. The van der Waals surface area contributed by atoms with E-state index in [1.807, 2.05) is 49.4 Å². The molecule has 4 rings (SSSR count). The molecule has 5 nitrogen and oxygen atoms in total. The van der Waals surface area contributed by atoms with E-state index in [1.54, 1.807) is 12.0 Å². The fraction of sp³-hybridized carbons (Fsp3) is 0.304. The number of ether oxygens (including phenoxy) is 1. The number of para-hydroxylation sites is 1. The molecule has 2 fully saturated rings. The highest BCUT2D eigenvalue weighted by atomic mass is 32.1. The number of thiocarbonyl (C=S) groups is 1. The lowest BCUT2D eigenvalue weighted by Gasteiger charge is -2.17. The number of methoxy groups -OCH3 is 1. The van der Waals surface area contributed by atoms with Crippen LogP contribution in [0.2, 0.25) is 0 Å². The summed E-state index contributed by atoms with van der Waals surface area (Å²) in [7, 11) is 1.70. The Morgan fingerprint density at radius 2 is 1.93 bits per heavy atom. The average Bonchev–Trinajstić information content (AvgIpc) is 3.31. The summed E-state index contributed by atoms with van der Waals surface area (Å²) in [5.74, 6) is 0.739. The van der Waals surface area contributed by atoms with Gasteiger partial charge in [0.05, 0.1) is 12.8 Å². The minimum Gasteiger partial charge on any atom is -0.496 e. The molecule has 150 valence electrons. The number of hydrogen-bond donors (Lipinski definition) is 1. The molecule has 0 aliphatic carbocycles. The van der Waals surface area contributed by atoms with Gasteiger partial charge in [-0.3, -0.25) is 14.6 Å². The zero-order valence-corrected chi connectivity index (χ0v) is 17.6. The Morgan fingerprint density at radius 1 is 1.17 bits per heavy atom. The van der Waals surface area contributed by atoms with Gasteiger partial charge in [-0.15, -0.1) is 0 Å². The van der Waals surface area contributed by atoms with Crippen molar-refractivity contribution in [3.63, 3.8) is 0 Å². The van der Waals surface area contributed by atoms with Gasteiger partial charge in [-0.1, -0.05) is 24.3 Å². The number of carbonyl (C=O) groups excluding carboxylic acids is 1. The molecular formula is C23H25N3O2S. The van der Waals surface area contributed by atoms with Gasteiger partial charge in [-0.25, -0.2) is 0 Å². The van der Waals surface area contributed by atoms with Crippen LogP contribution in [0, 0.1) is 6.92 Å². The Kier molecular flexibility index (Phi) is 5.65. The van der Waals surface area contributed by atoms with Crippen molar-refractivity contribution in [3.05, 3.63) is 64.9 Å². The van der Waals surface area contributed by atoms with E-state index in [2.05, 4.69) is 16.3 Å². The fourth-order valence-corrected chi connectivity index (χ4v) is 4.22. The molecule has 2 aromatic carbocycles. The van der Waals surface area contributed by atoms with Crippen molar-refractivity contribution < 1.29 is 9.53 Å². The molecule has 2 aliphatic heterocycles. The number of aryl methyl sites for hydroxylation is 1. The van der Waals surface area contributed by atoms with Crippen LogP contribution >= 0.6 is 12.2 Å². The molecular weight excluding hydrogens is 382 g/mol. The Bertz CT molecular complexity index is 980. The highest BCUT2D eigenvalue weighted by Gasteiger charge is 2.32. The van der Waals surface area contributed by atoms with E-state index in [1.165, 1.54) is 12.8 Å². The summed E-state index contributed by atoms with van der Waals surface area (Å²) in [5.41, 5.74) is 4.37. The van der Waals surface area contributed by atoms with Crippen LogP contribution in [0.15, 0.2) is 48.2 Å². The SMILES string of the molecule is COc1ccc(/C=C2/NC(=S)N(c3ccccc3C)C2=O)cc1CN1CCCC1. The lowest BCUT2D eigenvalue weighted by Crippen LogP contribution is -2.30. The third-order valence-electron chi connectivity index (χ3n) is 5.44. The van der Waals surface area contributed by atoms with Gasteiger partial charge in [0.1, 0.15) is 11.4 Å². The van der Waals surface area contributed by atoms with Crippen LogP contribution in [0.3, 0.4) is 0 Å². The second-order valence-corrected chi connectivity index (χ2v) is 7.86. The Balaban J connectivity index is 1.61. The number of anilines is 1. The fourth-order valence-electron chi connectivity index (χ4n) is 3.93. The maximum Gasteiger partial charge on any atom is 0.281 e. The van der Waals surface area contributed by atoms with Crippen LogP contribution in [0.4, 0.5) is 5.69 Å². The van der Waals surface area contributed by atoms with Gasteiger partial charge < -0.3 is 10.1 Å². The predicted octanol–water partition coefficient (Wildman–Crippen LogP) is 3.86. The standard InChI is InChI=1S/C23H25N3O2S/c1-16-7-3-4-8-20(16)26-22(27)19(24-23(26)29)14-17-9-10-21(28-2)18(13-17)15-25-11-5-6-12-25/h3-4,7-10,13-14H,5-6,11-12,15H2,1-2H3,(H,24,29)/b19-14+. The van der Waals surface area contributed by atoms with Gasteiger partial charge in [0.2, 0.25) is 0 Å². The molecule has 2 heterocycles. The molecule has 0 atom stereocenters. The Hall–Kier alpha value is -2.70. The number of rotatable bonds is 5.